The second-order valence-corrected chi connectivity index (χ2v) is 7.99. The van der Waals surface area contributed by atoms with Crippen LogP contribution in [0.3, 0.4) is 0 Å². The average Bonchev–Trinajstić information content (AvgIpc) is 3.29. The van der Waals surface area contributed by atoms with Gasteiger partial charge >= 0.3 is 0 Å². The first kappa shape index (κ1) is 21.7. The number of carbonyl (C=O) groups is 1. The van der Waals surface area contributed by atoms with Crippen molar-refractivity contribution in [1.82, 2.24) is 4.57 Å². The van der Waals surface area contributed by atoms with Gasteiger partial charge in [-0.2, -0.15) is 0 Å². The van der Waals surface area contributed by atoms with E-state index in [9.17, 15) is 4.79 Å². The molecule has 0 N–H and O–H groups in total. The van der Waals surface area contributed by atoms with Gasteiger partial charge in [-0.1, -0.05) is 46.3 Å². The fourth-order valence-electron chi connectivity index (χ4n) is 3.61. The van der Waals surface area contributed by atoms with Crippen molar-refractivity contribution in [2.75, 3.05) is 21.3 Å². The summed E-state index contributed by atoms with van der Waals surface area (Å²) in [6, 6.07) is 21.1. The summed E-state index contributed by atoms with van der Waals surface area (Å²) in [5.74, 6) is 1.17. The first-order valence-corrected chi connectivity index (χ1v) is 10.7. The largest absolute Gasteiger partial charge is 0.493 e. The van der Waals surface area contributed by atoms with Crippen LogP contribution in [-0.4, -0.2) is 31.7 Å². The SMILES string of the molecule is COc1cc(C(=O)c2cn(-c3ccccc3)cc2-c2ccc(Br)cc2)cc(OC)c1OC. The van der Waals surface area contributed by atoms with Crippen LogP contribution in [0.25, 0.3) is 16.8 Å². The molecule has 1 aromatic heterocycles. The van der Waals surface area contributed by atoms with Crippen LogP contribution < -0.4 is 14.2 Å². The van der Waals surface area contributed by atoms with Gasteiger partial charge < -0.3 is 18.8 Å². The van der Waals surface area contributed by atoms with Crippen LogP contribution in [0.5, 0.6) is 17.2 Å². The van der Waals surface area contributed by atoms with Gasteiger partial charge in [-0.25, -0.2) is 0 Å². The van der Waals surface area contributed by atoms with Crippen LogP contribution in [0.4, 0.5) is 0 Å². The number of carbonyl (C=O) groups excluding carboxylic acids is 1. The van der Waals surface area contributed by atoms with E-state index in [0.29, 0.717) is 28.4 Å². The van der Waals surface area contributed by atoms with Gasteiger partial charge in [0.2, 0.25) is 5.75 Å². The molecule has 0 amide bonds. The Labute approximate surface area is 195 Å². The summed E-state index contributed by atoms with van der Waals surface area (Å²) >= 11 is 3.48. The van der Waals surface area contributed by atoms with Gasteiger partial charge in [0, 0.05) is 39.2 Å². The Kier molecular flexibility index (Phi) is 6.32. The van der Waals surface area contributed by atoms with E-state index in [4.69, 9.17) is 14.2 Å². The summed E-state index contributed by atoms with van der Waals surface area (Å²) in [7, 11) is 4.60. The molecule has 0 fully saturated rings. The molecular weight excluding hydrogens is 470 g/mol. The highest BCUT2D eigenvalue weighted by Crippen LogP contribution is 2.39. The minimum absolute atomic E-state index is 0.142. The topological polar surface area (TPSA) is 49.7 Å². The number of rotatable bonds is 7. The molecule has 1 heterocycles. The Morgan fingerprint density at radius 2 is 1.44 bits per heavy atom. The molecular formula is C26H22BrNO4. The predicted octanol–water partition coefficient (Wildman–Crippen LogP) is 6.16. The van der Waals surface area contributed by atoms with E-state index < -0.39 is 0 Å². The van der Waals surface area contributed by atoms with Crippen LogP contribution in [0.15, 0.2) is 83.6 Å². The Bertz CT molecular complexity index is 1220. The highest BCUT2D eigenvalue weighted by molar-refractivity contribution is 9.10. The number of nitrogens with zero attached hydrogens (tertiary/aromatic N) is 1. The third-order valence-electron chi connectivity index (χ3n) is 5.21. The van der Waals surface area contributed by atoms with E-state index in [1.165, 1.54) is 21.3 Å². The fraction of sp³-hybridized carbons (Fsp3) is 0.115. The molecule has 162 valence electrons. The molecule has 0 aliphatic heterocycles. The number of benzene rings is 3. The maximum absolute atomic E-state index is 13.7. The van der Waals surface area contributed by atoms with Crippen molar-refractivity contribution >= 4 is 21.7 Å². The lowest BCUT2D eigenvalue weighted by molar-refractivity contribution is 0.103. The number of aromatic nitrogens is 1. The van der Waals surface area contributed by atoms with Crippen molar-refractivity contribution in [1.29, 1.82) is 0 Å². The lowest BCUT2D eigenvalue weighted by atomic mass is 9.97. The first-order chi connectivity index (χ1) is 15.5. The zero-order chi connectivity index (χ0) is 22.7. The van der Waals surface area contributed by atoms with Gasteiger partial charge in [-0.3, -0.25) is 4.79 Å². The number of para-hydroxylation sites is 1. The number of ether oxygens (including phenoxy) is 3. The summed E-state index contributed by atoms with van der Waals surface area (Å²) in [4.78, 5) is 13.7. The summed E-state index contributed by atoms with van der Waals surface area (Å²) in [5.41, 5.74) is 3.77. The highest BCUT2D eigenvalue weighted by atomic mass is 79.9. The zero-order valence-corrected chi connectivity index (χ0v) is 19.5. The van der Waals surface area contributed by atoms with Crippen LogP contribution in [-0.2, 0) is 0 Å². The molecule has 0 radical (unpaired) electrons. The van der Waals surface area contributed by atoms with Crippen molar-refractivity contribution < 1.29 is 19.0 Å². The van der Waals surface area contributed by atoms with E-state index in [1.54, 1.807) is 12.1 Å². The molecule has 4 aromatic rings. The molecule has 0 spiro atoms. The number of methoxy groups -OCH3 is 3. The Hall–Kier alpha value is -3.51. The minimum atomic E-state index is -0.142. The third-order valence-corrected chi connectivity index (χ3v) is 5.74. The average molecular weight is 492 g/mol. The van der Waals surface area contributed by atoms with Crippen LogP contribution >= 0.6 is 15.9 Å². The molecule has 0 aliphatic rings. The van der Waals surface area contributed by atoms with Crippen molar-refractivity contribution in [3.8, 4) is 34.1 Å². The second-order valence-electron chi connectivity index (χ2n) is 7.08. The predicted molar refractivity (Wildman–Crippen MR) is 128 cm³/mol. The Morgan fingerprint density at radius 3 is 2.00 bits per heavy atom. The normalized spacial score (nSPS) is 10.6. The van der Waals surface area contributed by atoms with Gasteiger partial charge in [-0.05, 0) is 42.0 Å². The van der Waals surface area contributed by atoms with E-state index in [1.807, 2.05) is 71.6 Å². The molecule has 0 atom stereocenters. The van der Waals surface area contributed by atoms with E-state index in [-0.39, 0.29) is 5.78 Å². The van der Waals surface area contributed by atoms with Gasteiger partial charge in [0.25, 0.3) is 0 Å². The molecule has 5 nitrogen and oxygen atoms in total. The highest BCUT2D eigenvalue weighted by Gasteiger charge is 2.22. The van der Waals surface area contributed by atoms with Gasteiger partial charge in [0.1, 0.15) is 0 Å². The van der Waals surface area contributed by atoms with E-state index in [0.717, 1.165) is 21.3 Å². The summed E-state index contributed by atoms with van der Waals surface area (Å²) in [6.07, 6.45) is 3.84. The zero-order valence-electron chi connectivity index (χ0n) is 18.0. The quantitative estimate of drug-likeness (QED) is 0.290. The number of hydrogen-bond acceptors (Lipinski definition) is 4. The van der Waals surface area contributed by atoms with Crippen LogP contribution in [0.1, 0.15) is 15.9 Å². The molecule has 0 saturated heterocycles. The Balaban J connectivity index is 1.88. The maximum atomic E-state index is 13.7. The lowest BCUT2D eigenvalue weighted by Gasteiger charge is -2.14. The molecule has 0 aliphatic carbocycles. The lowest BCUT2D eigenvalue weighted by Crippen LogP contribution is -2.04. The molecule has 32 heavy (non-hydrogen) atoms. The molecule has 3 aromatic carbocycles. The second kappa shape index (κ2) is 9.32. The smallest absolute Gasteiger partial charge is 0.203 e. The standard InChI is InChI=1S/C26H22BrNO4/c1-30-23-13-18(14-24(31-2)26(23)32-3)25(29)22-16-28(20-7-5-4-6-8-20)15-21(22)17-9-11-19(27)12-10-17/h4-16H,1-3H3. The number of ketones is 1. The van der Waals surface area contributed by atoms with Crippen LogP contribution in [0.2, 0.25) is 0 Å². The van der Waals surface area contributed by atoms with Crippen LogP contribution in [0, 0.1) is 0 Å². The van der Waals surface area contributed by atoms with E-state index >= 15 is 0 Å². The molecule has 0 unspecified atom stereocenters. The summed E-state index contributed by atoms with van der Waals surface area (Å²) < 4.78 is 19.2. The minimum Gasteiger partial charge on any atom is -0.493 e. The van der Waals surface area contributed by atoms with Gasteiger partial charge in [-0.15, -0.1) is 0 Å². The van der Waals surface area contributed by atoms with Gasteiger partial charge in [0.05, 0.1) is 21.3 Å². The van der Waals surface area contributed by atoms with Crippen molar-refractivity contribution in [3.05, 3.63) is 94.7 Å². The van der Waals surface area contributed by atoms with Crippen molar-refractivity contribution in [2.24, 2.45) is 0 Å². The van der Waals surface area contributed by atoms with Crippen molar-refractivity contribution in [3.63, 3.8) is 0 Å². The summed E-state index contributed by atoms with van der Waals surface area (Å²) in [5, 5.41) is 0. The maximum Gasteiger partial charge on any atom is 0.203 e. The van der Waals surface area contributed by atoms with E-state index in [2.05, 4.69) is 15.9 Å². The first-order valence-electron chi connectivity index (χ1n) is 9.93. The number of halogens is 1. The third kappa shape index (κ3) is 4.14. The summed E-state index contributed by atoms with van der Waals surface area (Å²) in [6.45, 7) is 0. The molecule has 0 saturated carbocycles. The fourth-order valence-corrected chi connectivity index (χ4v) is 3.88. The van der Waals surface area contributed by atoms with Gasteiger partial charge in [0.15, 0.2) is 17.3 Å². The molecule has 0 bridgehead atoms. The Morgan fingerprint density at radius 1 is 0.812 bits per heavy atom. The molecule has 6 heteroatoms. The van der Waals surface area contributed by atoms with Crippen molar-refractivity contribution in [2.45, 2.75) is 0 Å². The molecule has 4 rings (SSSR count). The number of hydrogen-bond donors (Lipinski definition) is 0. The monoisotopic (exact) mass is 491 g/mol.